The summed E-state index contributed by atoms with van der Waals surface area (Å²) in [5.74, 6) is 1.17. The topological polar surface area (TPSA) is 48.5 Å². The Labute approximate surface area is 151 Å². The fraction of sp³-hybridized carbons (Fsp3) is 0.700. The van der Waals surface area contributed by atoms with Crippen molar-refractivity contribution >= 4 is 11.7 Å². The van der Waals surface area contributed by atoms with E-state index in [4.69, 9.17) is 0 Å². The summed E-state index contributed by atoms with van der Waals surface area (Å²) in [5, 5.41) is 3.15. The summed E-state index contributed by atoms with van der Waals surface area (Å²) in [6.07, 6.45) is 11.6. The second-order valence-electron chi connectivity index (χ2n) is 7.60. The van der Waals surface area contributed by atoms with Gasteiger partial charge in [-0.25, -0.2) is 4.98 Å². The molecule has 5 nitrogen and oxygen atoms in total. The minimum Gasteiger partial charge on any atom is -0.356 e. The lowest BCUT2D eigenvalue weighted by Crippen LogP contribution is -2.47. The number of aromatic nitrogens is 1. The van der Waals surface area contributed by atoms with Gasteiger partial charge in [-0.1, -0.05) is 31.7 Å². The number of nitrogens with one attached hydrogen (secondary N) is 1. The highest BCUT2D eigenvalue weighted by Crippen LogP contribution is 2.27. The SMILES string of the molecule is CN1CCCCC1C(=O)NCc1cccnc1N(C)C1CCCCC1. The lowest BCUT2D eigenvalue weighted by Gasteiger charge is -2.33. The number of amides is 1. The summed E-state index contributed by atoms with van der Waals surface area (Å²) in [6.45, 7) is 1.57. The molecule has 1 aromatic heterocycles. The van der Waals surface area contributed by atoms with E-state index in [2.05, 4.69) is 40.3 Å². The number of anilines is 1. The molecule has 0 bridgehead atoms. The van der Waals surface area contributed by atoms with Crippen molar-refractivity contribution in [3.8, 4) is 0 Å². The molecule has 1 unspecified atom stereocenters. The van der Waals surface area contributed by atoms with E-state index >= 15 is 0 Å². The summed E-state index contributed by atoms with van der Waals surface area (Å²) in [4.78, 5) is 21.7. The third-order valence-corrected chi connectivity index (χ3v) is 5.85. The molecule has 5 heteroatoms. The fourth-order valence-electron chi connectivity index (χ4n) is 4.23. The van der Waals surface area contributed by atoms with Gasteiger partial charge < -0.3 is 10.2 Å². The first-order valence-corrected chi connectivity index (χ1v) is 9.81. The monoisotopic (exact) mass is 344 g/mol. The molecule has 2 fully saturated rings. The van der Waals surface area contributed by atoms with Crippen LogP contribution in [0, 0.1) is 0 Å². The van der Waals surface area contributed by atoms with Gasteiger partial charge in [-0.15, -0.1) is 0 Å². The molecule has 1 aromatic rings. The van der Waals surface area contributed by atoms with Crippen LogP contribution in [0.4, 0.5) is 5.82 Å². The molecule has 3 rings (SSSR count). The minimum absolute atomic E-state index is 0.0185. The Morgan fingerprint density at radius 1 is 1.24 bits per heavy atom. The molecule has 0 spiro atoms. The first-order chi connectivity index (χ1) is 12.2. The first-order valence-electron chi connectivity index (χ1n) is 9.81. The van der Waals surface area contributed by atoms with Gasteiger partial charge in [0.15, 0.2) is 0 Å². The lowest BCUT2D eigenvalue weighted by molar-refractivity contribution is -0.127. The minimum atomic E-state index is 0.0185. The number of carbonyl (C=O) groups excluding carboxylic acids is 1. The molecule has 25 heavy (non-hydrogen) atoms. The highest BCUT2D eigenvalue weighted by Gasteiger charge is 2.26. The van der Waals surface area contributed by atoms with Gasteiger partial charge in [-0.3, -0.25) is 9.69 Å². The maximum absolute atomic E-state index is 12.6. The van der Waals surface area contributed by atoms with Crippen LogP contribution in [0.2, 0.25) is 0 Å². The number of pyridine rings is 1. The summed E-state index contributed by atoms with van der Waals surface area (Å²) >= 11 is 0. The smallest absolute Gasteiger partial charge is 0.237 e. The van der Waals surface area contributed by atoms with E-state index < -0.39 is 0 Å². The molecule has 2 heterocycles. The average Bonchev–Trinajstić information content (AvgIpc) is 2.67. The molecule has 1 atom stereocenters. The van der Waals surface area contributed by atoms with Gasteiger partial charge in [0.05, 0.1) is 6.04 Å². The number of nitrogens with zero attached hydrogens (tertiary/aromatic N) is 3. The van der Waals surface area contributed by atoms with Crippen molar-refractivity contribution in [2.24, 2.45) is 0 Å². The normalized spacial score (nSPS) is 22.6. The second-order valence-corrected chi connectivity index (χ2v) is 7.60. The molecule has 2 aliphatic rings. The number of likely N-dealkylation sites (tertiary alicyclic amines) is 1. The number of rotatable bonds is 5. The number of piperidine rings is 1. The quantitative estimate of drug-likeness (QED) is 0.892. The molecule has 1 N–H and O–H groups in total. The number of hydrogen-bond acceptors (Lipinski definition) is 4. The zero-order valence-corrected chi connectivity index (χ0v) is 15.7. The number of hydrogen-bond donors (Lipinski definition) is 1. The van der Waals surface area contributed by atoms with E-state index in [-0.39, 0.29) is 11.9 Å². The molecule has 138 valence electrons. The summed E-state index contributed by atoms with van der Waals surface area (Å²) in [6, 6.07) is 4.64. The standard InChI is InChI=1S/C20H32N4O/c1-23-14-7-6-12-18(23)20(25)22-15-16-9-8-13-21-19(16)24(2)17-10-4-3-5-11-17/h8-9,13,17-18H,3-7,10-12,14-15H2,1-2H3,(H,22,25). The molecular weight excluding hydrogens is 312 g/mol. The highest BCUT2D eigenvalue weighted by atomic mass is 16.2. The lowest BCUT2D eigenvalue weighted by atomic mass is 9.94. The molecule has 0 radical (unpaired) electrons. The number of carbonyl (C=O) groups is 1. The van der Waals surface area contributed by atoms with Crippen LogP contribution >= 0.6 is 0 Å². The van der Waals surface area contributed by atoms with Gasteiger partial charge in [0.25, 0.3) is 0 Å². The summed E-state index contributed by atoms with van der Waals surface area (Å²) in [5.41, 5.74) is 1.11. The van der Waals surface area contributed by atoms with Gasteiger partial charge in [0.1, 0.15) is 5.82 Å². The Hall–Kier alpha value is -1.62. The average molecular weight is 345 g/mol. The van der Waals surface area contributed by atoms with Gasteiger partial charge in [0.2, 0.25) is 5.91 Å². The molecule has 1 saturated carbocycles. The van der Waals surface area contributed by atoms with Crippen LogP contribution in [0.1, 0.15) is 56.9 Å². The zero-order chi connectivity index (χ0) is 17.6. The van der Waals surface area contributed by atoms with Crippen molar-refractivity contribution in [1.29, 1.82) is 0 Å². The molecule has 1 aliphatic carbocycles. The van der Waals surface area contributed by atoms with E-state index in [0.717, 1.165) is 30.8 Å². The van der Waals surface area contributed by atoms with Crippen LogP contribution < -0.4 is 10.2 Å². The third-order valence-electron chi connectivity index (χ3n) is 5.85. The third kappa shape index (κ3) is 4.51. The van der Waals surface area contributed by atoms with Crippen LogP contribution in [0.3, 0.4) is 0 Å². The maximum Gasteiger partial charge on any atom is 0.237 e. The highest BCUT2D eigenvalue weighted by molar-refractivity contribution is 5.81. The second kappa shape index (κ2) is 8.65. The van der Waals surface area contributed by atoms with Crippen LogP contribution in [-0.2, 0) is 11.3 Å². The Bertz CT molecular complexity index is 571. The zero-order valence-electron chi connectivity index (χ0n) is 15.7. The van der Waals surface area contributed by atoms with Crippen molar-refractivity contribution in [2.75, 3.05) is 25.5 Å². The molecule has 0 aromatic carbocycles. The van der Waals surface area contributed by atoms with Crippen LogP contribution in [0.25, 0.3) is 0 Å². The summed E-state index contributed by atoms with van der Waals surface area (Å²) < 4.78 is 0. The Morgan fingerprint density at radius 3 is 2.76 bits per heavy atom. The van der Waals surface area contributed by atoms with E-state index in [1.54, 1.807) is 0 Å². The van der Waals surface area contributed by atoms with Gasteiger partial charge in [0, 0.05) is 31.4 Å². The van der Waals surface area contributed by atoms with Crippen molar-refractivity contribution in [1.82, 2.24) is 15.2 Å². The van der Waals surface area contributed by atoms with E-state index in [1.807, 2.05) is 12.3 Å². The van der Waals surface area contributed by atoms with Crippen molar-refractivity contribution in [3.63, 3.8) is 0 Å². The Morgan fingerprint density at radius 2 is 2.00 bits per heavy atom. The number of likely N-dealkylation sites (N-methyl/N-ethyl adjacent to an activating group) is 1. The van der Waals surface area contributed by atoms with E-state index in [9.17, 15) is 4.79 Å². The maximum atomic E-state index is 12.6. The molecule has 1 aliphatic heterocycles. The van der Waals surface area contributed by atoms with Crippen LogP contribution in [0.15, 0.2) is 18.3 Å². The van der Waals surface area contributed by atoms with E-state index in [1.165, 1.54) is 38.5 Å². The first kappa shape index (κ1) is 18.2. The van der Waals surface area contributed by atoms with Crippen LogP contribution in [-0.4, -0.2) is 48.5 Å². The fourth-order valence-corrected chi connectivity index (χ4v) is 4.23. The molecule has 1 amide bonds. The van der Waals surface area contributed by atoms with E-state index in [0.29, 0.717) is 12.6 Å². The predicted molar refractivity (Wildman–Crippen MR) is 102 cm³/mol. The van der Waals surface area contributed by atoms with Crippen molar-refractivity contribution in [3.05, 3.63) is 23.9 Å². The summed E-state index contributed by atoms with van der Waals surface area (Å²) in [7, 11) is 4.20. The Balaban J connectivity index is 1.63. The molecule has 1 saturated heterocycles. The van der Waals surface area contributed by atoms with Crippen LogP contribution in [0.5, 0.6) is 0 Å². The Kier molecular flexibility index (Phi) is 6.29. The molecular formula is C20H32N4O. The van der Waals surface area contributed by atoms with Crippen molar-refractivity contribution < 1.29 is 4.79 Å². The largest absolute Gasteiger partial charge is 0.356 e. The van der Waals surface area contributed by atoms with Crippen molar-refractivity contribution in [2.45, 2.75) is 70.0 Å². The predicted octanol–water partition coefficient (Wildman–Crippen LogP) is 2.95. The van der Waals surface area contributed by atoms with Gasteiger partial charge in [-0.2, -0.15) is 0 Å². The van der Waals surface area contributed by atoms with Gasteiger partial charge in [-0.05, 0) is 45.3 Å². The van der Waals surface area contributed by atoms with Gasteiger partial charge >= 0.3 is 0 Å².